The van der Waals surface area contributed by atoms with E-state index in [1.807, 2.05) is 6.92 Å². The van der Waals surface area contributed by atoms with E-state index in [1.165, 1.54) is 44.1 Å². The Morgan fingerprint density at radius 2 is 1.45 bits per heavy atom. The first-order chi connectivity index (χ1) is 13.7. The standard InChI is InChI=1S/C15H23ClO2.C11H16/c1-3-15(2,16)14(17)18-13-11-5-9-4-10(7-11)8-12(13)6-9;1-4-11(2,3)10-8-6-5-7-9-10/h9-13H,3-8H2,1-2H3;5-9H,4H2,1-3H3. The molecule has 5 rings (SSSR count). The van der Waals surface area contributed by atoms with Crippen LogP contribution in [0.5, 0.6) is 0 Å². The Balaban J connectivity index is 0.000000188. The fourth-order valence-corrected chi connectivity index (χ4v) is 5.60. The molecule has 0 spiro atoms. The summed E-state index contributed by atoms with van der Waals surface area (Å²) in [4.78, 5) is 11.3. The Labute approximate surface area is 182 Å². The second-order valence-electron chi connectivity index (χ2n) is 10.5. The Hall–Kier alpha value is -1.02. The van der Waals surface area contributed by atoms with Crippen molar-refractivity contribution in [3.05, 3.63) is 35.9 Å². The summed E-state index contributed by atoms with van der Waals surface area (Å²) >= 11 is 6.21. The van der Waals surface area contributed by atoms with Crippen molar-refractivity contribution in [2.45, 2.75) is 96.0 Å². The summed E-state index contributed by atoms with van der Waals surface area (Å²) in [5, 5.41) is 0. The van der Waals surface area contributed by atoms with Gasteiger partial charge in [-0.1, -0.05) is 58.0 Å². The lowest BCUT2D eigenvalue weighted by Gasteiger charge is -2.53. The number of benzene rings is 1. The van der Waals surface area contributed by atoms with E-state index in [0.717, 1.165) is 11.8 Å². The van der Waals surface area contributed by atoms with Gasteiger partial charge in [-0.25, -0.2) is 0 Å². The van der Waals surface area contributed by atoms with Crippen LogP contribution in [0, 0.1) is 23.7 Å². The summed E-state index contributed by atoms with van der Waals surface area (Å²) < 4.78 is 5.81. The fourth-order valence-electron chi connectivity index (χ4n) is 5.55. The van der Waals surface area contributed by atoms with Crippen molar-refractivity contribution < 1.29 is 9.53 Å². The normalized spacial score (nSPS) is 32.1. The summed E-state index contributed by atoms with van der Waals surface area (Å²) in [6.45, 7) is 10.5. The summed E-state index contributed by atoms with van der Waals surface area (Å²) in [5.74, 6) is 2.86. The molecule has 4 bridgehead atoms. The lowest BCUT2D eigenvalue weighted by atomic mass is 9.55. The van der Waals surface area contributed by atoms with Gasteiger partial charge < -0.3 is 4.74 Å². The molecule has 1 unspecified atom stereocenters. The minimum absolute atomic E-state index is 0.162. The first-order valence-electron chi connectivity index (χ1n) is 11.6. The smallest absolute Gasteiger partial charge is 0.327 e. The fraction of sp³-hybridized carbons (Fsp3) is 0.731. The number of carbonyl (C=O) groups is 1. The van der Waals surface area contributed by atoms with Crippen molar-refractivity contribution in [3.8, 4) is 0 Å². The van der Waals surface area contributed by atoms with E-state index in [0.29, 0.717) is 23.7 Å². The lowest BCUT2D eigenvalue weighted by Crippen LogP contribution is -2.51. The molecule has 0 aliphatic heterocycles. The van der Waals surface area contributed by atoms with Crippen LogP contribution in [0.4, 0.5) is 0 Å². The largest absolute Gasteiger partial charge is 0.460 e. The Kier molecular flexibility index (Phi) is 7.03. The average molecular weight is 419 g/mol. The number of esters is 1. The second kappa shape index (κ2) is 9.00. The van der Waals surface area contributed by atoms with Crippen LogP contribution in [0.2, 0.25) is 0 Å². The molecule has 4 saturated carbocycles. The van der Waals surface area contributed by atoms with Crippen LogP contribution >= 0.6 is 11.6 Å². The minimum atomic E-state index is -0.839. The van der Waals surface area contributed by atoms with Crippen LogP contribution < -0.4 is 0 Å². The molecular formula is C26H39ClO2. The molecule has 0 aromatic heterocycles. The zero-order chi connectivity index (χ0) is 21.2. The maximum absolute atomic E-state index is 12.1. The van der Waals surface area contributed by atoms with Gasteiger partial charge in [-0.3, -0.25) is 4.79 Å². The Bertz CT molecular complexity index is 651. The second-order valence-corrected chi connectivity index (χ2v) is 11.3. The zero-order valence-electron chi connectivity index (χ0n) is 18.9. The highest BCUT2D eigenvalue weighted by atomic mass is 35.5. The van der Waals surface area contributed by atoms with Crippen LogP contribution in [0.1, 0.15) is 85.1 Å². The molecule has 2 nitrogen and oxygen atoms in total. The van der Waals surface area contributed by atoms with Gasteiger partial charge in [0.15, 0.2) is 0 Å². The van der Waals surface area contributed by atoms with Crippen LogP contribution in [0.3, 0.4) is 0 Å². The van der Waals surface area contributed by atoms with Gasteiger partial charge in [0.25, 0.3) is 0 Å². The lowest BCUT2D eigenvalue weighted by molar-refractivity contribution is -0.173. The van der Waals surface area contributed by atoms with E-state index in [4.69, 9.17) is 16.3 Å². The third kappa shape index (κ3) is 5.19. The number of rotatable bonds is 5. The molecule has 1 atom stereocenters. The summed E-state index contributed by atoms with van der Waals surface area (Å²) in [5.41, 5.74) is 1.77. The molecular weight excluding hydrogens is 380 g/mol. The van der Waals surface area contributed by atoms with Crippen LogP contribution in [-0.4, -0.2) is 16.9 Å². The van der Waals surface area contributed by atoms with E-state index in [1.54, 1.807) is 6.92 Å². The van der Waals surface area contributed by atoms with Crippen molar-refractivity contribution in [1.82, 2.24) is 0 Å². The maximum Gasteiger partial charge on any atom is 0.327 e. The van der Waals surface area contributed by atoms with Crippen molar-refractivity contribution in [3.63, 3.8) is 0 Å². The van der Waals surface area contributed by atoms with E-state index < -0.39 is 4.87 Å². The SMILES string of the molecule is CCC(C)(C)c1ccccc1.CCC(C)(Cl)C(=O)OC1C2CC3CC(C2)CC1C3. The topological polar surface area (TPSA) is 26.3 Å². The quantitative estimate of drug-likeness (QED) is 0.375. The maximum atomic E-state index is 12.1. The molecule has 29 heavy (non-hydrogen) atoms. The van der Waals surface area contributed by atoms with E-state index >= 15 is 0 Å². The third-order valence-corrected chi connectivity index (χ3v) is 8.33. The van der Waals surface area contributed by atoms with Gasteiger partial charge in [-0.2, -0.15) is 0 Å². The van der Waals surface area contributed by atoms with E-state index in [2.05, 4.69) is 51.1 Å². The average Bonchev–Trinajstić information content (AvgIpc) is 2.71. The number of hydrogen-bond donors (Lipinski definition) is 0. The molecule has 4 aliphatic rings. The summed E-state index contributed by atoms with van der Waals surface area (Å²) in [7, 11) is 0. The Morgan fingerprint density at radius 1 is 0.931 bits per heavy atom. The molecule has 1 aromatic carbocycles. The van der Waals surface area contributed by atoms with Gasteiger partial charge in [-0.15, -0.1) is 11.6 Å². The number of hydrogen-bond acceptors (Lipinski definition) is 2. The van der Waals surface area contributed by atoms with Gasteiger partial charge in [0.1, 0.15) is 11.0 Å². The molecule has 0 saturated heterocycles. The molecule has 1 aromatic rings. The van der Waals surface area contributed by atoms with Crippen molar-refractivity contribution in [2.24, 2.45) is 23.7 Å². The van der Waals surface area contributed by atoms with Crippen LogP contribution in [0.25, 0.3) is 0 Å². The highest BCUT2D eigenvalue weighted by Gasteiger charge is 2.50. The summed E-state index contributed by atoms with van der Waals surface area (Å²) in [6, 6.07) is 10.7. The number of alkyl halides is 1. The number of halogens is 1. The monoisotopic (exact) mass is 418 g/mol. The van der Waals surface area contributed by atoms with E-state index in [9.17, 15) is 4.79 Å². The molecule has 4 aliphatic carbocycles. The predicted octanol–water partition coefficient (Wildman–Crippen LogP) is 7.14. The molecule has 0 N–H and O–H groups in total. The highest BCUT2D eigenvalue weighted by Crippen LogP contribution is 2.54. The molecule has 3 heteroatoms. The van der Waals surface area contributed by atoms with Gasteiger partial charge in [0.05, 0.1) is 0 Å². The van der Waals surface area contributed by atoms with Crippen LogP contribution in [0.15, 0.2) is 30.3 Å². The highest BCUT2D eigenvalue weighted by molar-refractivity contribution is 6.33. The molecule has 0 radical (unpaired) electrons. The van der Waals surface area contributed by atoms with Gasteiger partial charge in [0, 0.05) is 0 Å². The van der Waals surface area contributed by atoms with Gasteiger partial charge >= 0.3 is 5.97 Å². The first-order valence-corrected chi connectivity index (χ1v) is 12.0. The van der Waals surface area contributed by atoms with Gasteiger partial charge in [-0.05, 0) is 86.5 Å². The van der Waals surface area contributed by atoms with Crippen molar-refractivity contribution in [1.29, 1.82) is 0 Å². The molecule has 4 fully saturated rings. The number of ether oxygens (including phenoxy) is 1. The van der Waals surface area contributed by atoms with Gasteiger partial charge in [0.2, 0.25) is 0 Å². The number of carbonyl (C=O) groups excluding carboxylic acids is 1. The molecule has 0 amide bonds. The zero-order valence-corrected chi connectivity index (χ0v) is 19.7. The summed E-state index contributed by atoms with van der Waals surface area (Å²) in [6.07, 6.45) is 8.50. The minimum Gasteiger partial charge on any atom is -0.460 e. The third-order valence-electron chi connectivity index (χ3n) is 7.91. The molecule has 0 heterocycles. The van der Waals surface area contributed by atoms with Crippen molar-refractivity contribution >= 4 is 17.6 Å². The van der Waals surface area contributed by atoms with E-state index in [-0.39, 0.29) is 12.1 Å². The molecule has 162 valence electrons. The first kappa shape index (κ1) is 22.7. The predicted molar refractivity (Wildman–Crippen MR) is 121 cm³/mol. The van der Waals surface area contributed by atoms with Crippen molar-refractivity contribution in [2.75, 3.05) is 0 Å². The van der Waals surface area contributed by atoms with Crippen LogP contribution in [-0.2, 0) is 14.9 Å². The Morgan fingerprint density at radius 3 is 1.90 bits per heavy atom.